The molecule has 6 nitrogen and oxygen atoms in total. The monoisotopic (exact) mass is 252 g/mol. The molecule has 3 N–H and O–H groups in total. The van der Waals surface area contributed by atoms with Gasteiger partial charge >= 0.3 is 0 Å². The van der Waals surface area contributed by atoms with Crippen LogP contribution in [0.5, 0.6) is 0 Å². The van der Waals surface area contributed by atoms with E-state index in [1.165, 1.54) is 6.20 Å². The maximum absolute atomic E-state index is 12.1. The largest absolute Gasteiger partial charge is 0.396 e. The molecule has 1 atom stereocenters. The van der Waals surface area contributed by atoms with Crippen LogP contribution in [0.15, 0.2) is 6.20 Å². The van der Waals surface area contributed by atoms with Gasteiger partial charge in [-0.15, -0.1) is 0 Å². The van der Waals surface area contributed by atoms with Crippen molar-refractivity contribution in [1.29, 1.82) is 0 Å². The molecule has 0 radical (unpaired) electrons. The van der Waals surface area contributed by atoms with Gasteiger partial charge in [0.05, 0.1) is 18.0 Å². The van der Waals surface area contributed by atoms with Crippen LogP contribution < -0.4 is 11.1 Å². The Labute approximate surface area is 106 Å². The molecule has 1 amide bonds. The highest BCUT2D eigenvalue weighted by molar-refractivity contribution is 5.97. The van der Waals surface area contributed by atoms with Crippen molar-refractivity contribution in [2.24, 2.45) is 0 Å². The van der Waals surface area contributed by atoms with E-state index in [0.29, 0.717) is 24.5 Å². The van der Waals surface area contributed by atoms with Crippen LogP contribution >= 0.6 is 0 Å². The molecule has 0 saturated carbocycles. The number of nitrogen functional groups attached to an aromatic ring is 1. The van der Waals surface area contributed by atoms with Crippen LogP contribution in [-0.4, -0.2) is 34.9 Å². The summed E-state index contributed by atoms with van der Waals surface area (Å²) < 4.78 is 7.11. The number of aryl methyl sites for hydroxylation is 1. The van der Waals surface area contributed by atoms with Gasteiger partial charge in [0, 0.05) is 19.7 Å². The molecule has 18 heavy (non-hydrogen) atoms. The SMILES string of the molecule is CCCn1ncc(N)c1C(=O)NCC1CCCO1. The number of hydrogen-bond donors (Lipinski definition) is 2. The van der Waals surface area contributed by atoms with E-state index in [1.54, 1.807) is 4.68 Å². The van der Waals surface area contributed by atoms with Gasteiger partial charge in [-0.05, 0) is 19.3 Å². The summed E-state index contributed by atoms with van der Waals surface area (Å²) in [7, 11) is 0. The maximum atomic E-state index is 12.1. The van der Waals surface area contributed by atoms with E-state index in [2.05, 4.69) is 10.4 Å². The fourth-order valence-corrected chi connectivity index (χ4v) is 2.13. The summed E-state index contributed by atoms with van der Waals surface area (Å²) in [5.41, 5.74) is 6.66. The number of anilines is 1. The van der Waals surface area contributed by atoms with E-state index < -0.39 is 0 Å². The third-order valence-corrected chi connectivity index (χ3v) is 3.03. The Morgan fingerprint density at radius 2 is 2.56 bits per heavy atom. The van der Waals surface area contributed by atoms with E-state index in [9.17, 15) is 4.79 Å². The van der Waals surface area contributed by atoms with E-state index in [4.69, 9.17) is 10.5 Å². The minimum absolute atomic E-state index is 0.137. The van der Waals surface area contributed by atoms with Gasteiger partial charge < -0.3 is 15.8 Å². The average Bonchev–Trinajstić information content (AvgIpc) is 2.97. The predicted octanol–water partition coefficient (Wildman–Crippen LogP) is 0.784. The highest BCUT2D eigenvalue weighted by Gasteiger charge is 2.20. The number of rotatable bonds is 5. The van der Waals surface area contributed by atoms with Crippen LogP contribution in [0.2, 0.25) is 0 Å². The zero-order chi connectivity index (χ0) is 13.0. The number of carbonyl (C=O) groups is 1. The molecule has 2 rings (SSSR count). The summed E-state index contributed by atoms with van der Waals surface area (Å²) in [5.74, 6) is -0.172. The normalized spacial score (nSPS) is 19.1. The minimum atomic E-state index is -0.172. The van der Waals surface area contributed by atoms with Crippen molar-refractivity contribution in [1.82, 2.24) is 15.1 Å². The van der Waals surface area contributed by atoms with Gasteiger partial charge in [0.25, 0.3) is 5.91 Å². The summed E-state index contributed by atoms with van der Waals surface area (Å²) in [6, 6.07) is 0. The molecule has 0 aliphatic carbocycles. The third-order valence-electron chi connectivity index (χ3n) is 3.03. The van der Waals surface area contributed by atoms with Crippen LogP contribution in [0.25, 0.3) is 0 Å². The average molecular weight is 252 g/mol. The Balaban J connectivity index is 1.96. The Morgan fingerprint density at radius 1 is 1.72 bits per heavy atom. The second-order valence-electron chi connectivity index (χ2n) is 4.52. The number of nitrogens with two attached hydrogens (primary N) is 1. The summed E-state index contributed by atoms with van der Waals surface area (Å²) in [6.45, 7) is 4.05. The Hall–Kier alpha value is -1.56. The number of nitrogens with zero attached hydrogens (tertiary/aromatic N) is 2. The van der Waals surface area contributed by atoms with E-state index in [0.717, 1.165) is 25.9 Å². The quantitative estimate of drug-likeness (QED) is 0.811. The first kappa shape index (κ1) is 12.9. The predicted molar refractivity (Wildman–Crippen MR) is 68.2 cm³/mol. The molecule has 6 heteroatoms. The molecule has 2 heterocycles. The van der Waals surface area contributed by atoms with Gasteiger partial charge in [-0.1, -0.05) is 6.92 Å². The molecule has 100 valence electrons. The van der Waals surface area contributed by atoms with Crippen LogP contribution in [0, 0.1) is 0 Å². The number of ether oxygens (including phenoxy) is 1. The standard InChI is InChI=1S/C12H20N4O2/c1-2-5-16-11(10(13)8-15-16)12(17)14-7-9-4-3-6-18-9/h8-9H,2-7,13H2,1H3,(H,14,17). The van der Waals surface area contributed by atoms with Crippen molar-refractivity contribution in [3.05, 3.63) is 11.9 Å². The first-order valence-corrected chi connectivity index (χ1v) is 6.43. The fraction of sp³-hybridized carbons (Fsp3) is 0.667. The number of nitrogens with one attached hydrogen (secondary N) is 1. The zero-order valence-electron chi connectivity index (χ0n) is 10.7. The smallest absolute Gasteiger partial charge is 0.271 e. The van der Waals surface area contributed by atoms with Crippen molar-refractivity contribution in [2.75, 3.05) is 18.9 Å². The van der Waals surface area contributed by atoms with Crippen molar-refractivity contribution in [3.8, 4) is 0 Å². The van der Waals surface area contributed by atoms with E-state index in [1.807, 2.05) is 6.92 Å². The molecule has 0 bridgehead atoms. The lowest BCUT2D eigenvalue weighted by Crippen LogP contribution is -2.33. The second kappa shape index (κ2) is 5.86. The van der Waals surface area contributed by atoms with Gasteiger partial charge in [0.1, 0.15) is 5.69 Å². The maximum Gasteiger partial charge on any atom is 0.271 e. The van der Waals surface area contributed by atoms with Crippen molar-refractivity contribution in [2.45, 2.75) is 38.8 Å². The van der Waals surface area contributed by atoms with Crippen LogP contribution in [0.4, 0.5) is 5.69 Å². The first-order valence-electron chi connectivity index (χ1n) is 6.43. The molecular formula is C12H20N4O2. The highest BCUT2D eigenvalue weighted by atomic mass is 16.5. The fourth-order valence-electron chi connectivity index (χ4n) is 2.13. The van der Waals surface area contributed by atoms with E-state index in [-0.39, 0.29) is 12.0 Å². The number of hydrogen-bond acceptors (Lipinski definition) is 4. The number of carbonyl (C=O) groups excluding carboxylic acids is 1. The summed E-state index contributed by atoms with van der Waals surface area (Å²) in [6.07, 6.45) is 4.64. The van der Waals surface area contributed by atoms with Crippen LogP contribution in [0.1, 0.15) is 36.7 Å². The highest BCUT2D eigenvalue weighted by Crippen LogP contribution is 2.13. The number of amides is 1. The van der Waals surface area contributed by atoms with Crippen molar-refractivity contribution < 1.29 is 9.53 Å². The van der Waals surface area contributed by atoms with Gasteiger partial charge in [-0.25, -0.2) is 0 Å². The Bertz CT molecular complexity index is 410. The van der Waals surface area contributed by atoms with E-state index >= 15 is 0 Å². The molecule has 1 aliphatic heterocycles. The topological polar surface area (TPSA) is 82.2 Å². The van der Waals surface area contributed by atoms with Gasteiger partial charge in [0.2, 0.25) is 0 Å². The molecule has 1 unspecified atom stereocenters. The number of aromatic nitrogens is 2. The molecule has 1 aromatic heterocycles. The molecule has 1 saturated heterocycles. The van der Waals surface area contributed by atoms with Crippen LogP contribution in [0.3, 0.4) is 0 Å². The summed E-state index contributed by atoms with van der Waals surface area (Å²) >= 11 is 0. The van der Waals surface area contributed by atoms with Gasteiger partial charge in [0.15, 0.2) is 0 Å². The Kier molecular flexibility index (Phi) is 4.19. The molecule has 1 aromatic rings. The van der Waals surface area contributed by atoms with Crippen LogP contribution in [-0.2, 0) is 11.3 Å². The van der Waals surface area contributed by atoms with Gasteiger partial charge in [-0.3, -0.25) is 9.48 Å². The van der Waals surface area contributed by atoms with Gasteiger partial charge in [-0.2, -0.15) is 5.10 Å². The lowest BCUT2D eigenvalue weighted by Gasteiger charge is -2.12. The van der Waals surface area contributed by atoms with Crippen molar-refractivity contribution in [3.63, 3.8) is 0 Å². The summed E-state index contributed by atoms with van der Waals surface area (Å²) in [5, 5.41) is 6.97. The first-order chi connectivity index (χ1) is 8.72. The zero-order valence-corrected chi connectivity index (χ0v) is 10.7. The lowest BCUT2D eigenvalue weighted by atomic mass is 10.2. The molecule has 0 spiro atoms. The van der Waals surface area contributed by atoms with Crippen molar-refractivity contribution >= 4 is 11.6 Å². The molecular weight excluding hydrogens is 232 g/mol. The molecule has 1 aliphatic rings. The second-order valence-corrected chi connectivity index (χ2v) is 4.52. The summed E-state index contributed by atoms with van der Waals surface area (Å²) in [4.78, 5) is 12.1. The minimum Gasteiger partial charge on any atom is -0.396 e. The third kappa shape index (κ3) is 2.81. The molecule has 0 aromatic carbocycles. The Morgan fingerprint density at radius 3 is 3.22 bits per heavy atom. The lowest BCUT2D eigenvalue weighted by molar-refractivity contribution is 0.0849. The molecule has 1 fully saturated rings.